The van der Waals surface area contributed by atoms with Gasteiger partial charge in [0.1, 0.15) is 17.1 Å². The fourth-order valence-electron chi connectivity index (χ4n) is 1.87. The highest BCUT2D eigenvalue weighted by Gasteiger charge is 2.51. The lowest BCUT2D eigenvalue weighted by atomic mass is 10.0. The van der Waals surface area contributed by atoms with E-state index in [-0.39, 0.29) is 35.5 Å². The molecule has 2 aliphatic rings. The van der Waals surface area contributed by atoms with Crippen molar-refractivity contribution < 1.29 is 27.1 Å². The van der Waals surface area contributed by atoms with Gasteiger partial charge in [0.2, 0.25) is 5.91 Å². The zero-order valence-electron chi connectivity index (χ0n) is 10.1. The number of aliphatic carboxylic acids is 1. The Hall–Kier alpha value is -1.02. The smallest absolute Gasteiger partial charge is 0.352 e. The van der Waals surface area contributed by atoms with E-state index >= 15 is 0 Å². The van der Waals surface area contributed by atoms with E-state index in [9.17, 15) is 9.59 Å². The van der Waals surface area contributed by atoms with Crippen molar-refractivity contribution in [2.24, 2.45) is 5.73 Å². The van der Waals surface area contributed by atoms with E-state index in [0.717, 1.165) is 0 Å². The predicted octanol–water partition coefficient (Wildman–Crippen LogP) is -2.48. The van der Waals surface area contributed by atoms with Crippen molar-refractivity contribution in [1.29, 1.82) is 0 Å². The van der Waals surface area contributed by atoms with Crippen LogP contribution in [0.25, 0.3) is 0 Å². The van der Waals surface area contributed by atoms with Crippen molar-refractivity contribution in [1.82, 2.24) is 11.1 Å². The standard InChI is InChI=1S/C10H12N2O3S.ClH.H3N/c1-2-3-5-4-16-9-6(11)8(13)12(9)7(5)10(14)15;;/h2-3,6,9H,4,11H2,1H3,(H,14,15);1H;1H3/b3-2+;;/t6-,9?;;/m1../s1. The van der Waals surface area contributed by atoms with Crippen LogP contribution in [0.2, 0.25) is 0 Å². The summed E-state index contributed by atoms with van der Waals surface area (Å²) in [6.45, 7) is 1.81. The first-order chi connectivity index (χ1) is 7.57. The molecule has 0 aliphatic carbocycles. The molecule has 1 unspecified atom stereocenters. The Kier molecular flexibility index (Phi) is 5.88. The summed E-state index contributed by atoms with van der Waals surface area (Å²) in [5.74, 6) is -0.802. The topological polar surface area (TPSA) is 120 Å². The number of allylic oxidation sites excluding steroid dienone is 2. The van der Waals surface area contributed by atoms with Gasteiger partial charge in [-0.15, -0.1) is 11.8 Å². The fraction of sp³-hybridized carbons (Fsp3) is 0.400. The molecule has 0 radical (unpaired) electrons. The van der Waals surface area contributed by atoms with Crippen molar-refractivity contribution in [3.8, 4) is 0 Å². The number of nitrogens with zero attached hydrogens (tertiary/aromatic N) is 1. The highest BCUT2D eigenvalue weighted by molar-refractivity contribution is 8.00. The van der Waals surface area contributed by atoms with Crippen LogP contribution in [0.1, 0.15) is 6.92 Å². The van der Waals surface area contributed by atoms with Crippen molar-refractivity contribution in [3.63, 3.8) is 0 Å². The average Bonchev–Trinajstić information content (AvgIpc) is 2.27. The van der Waals surface area contributed by atoms with Crippen LogP contribution in [0.5, 0.6) is 0 Å². The largest absolute Gasteiger partial charge is 1.00 e. The first-order valence-corrected chi connectivity index (χ1v) is 5.92. The molecular formula is C10H16ClN3O3S. The number of hydrogen-bond donors (Lipinski definition) is 3. The first kappa shape index (κ1) is 17.0. The Labute approximate surface area is 115 Å². The lowest BCUT2D eigenvalue weighted by Crippen LogP contribution is -3.00. The van der Waals surface area contributed by atoms with Gasteiger partial charge in [-0.2, -0.15) is 0 Å². The van der Waals surface area contributed by atoms with Gasteiger partial charge < -0.3 is 29.4 Å². The lowest BCUT2D eigenvalue weighted by Gasteiger charge is -2.47. The van der Waals surface area contributed by atoms with E-state index in [1.807, 2.05) is 6.92 Å². The van der Waals surface area contributed by atoms with E-state index in [0.29, 0.717) is 11.3 Å². The van der Waals surface area contributed by atoms with Gasteiger partial charge in [0.15, 0.2) is 0 Å². The number of carbonyl (C=O) groups excluding carboxylic acids is 1. The van der Waals surface area contributed by atoms with E-state index in [1.165, 1.54) is 16.7 Å². The van der Waals surface area contributed by atoms with Crippen LogP contribution in [0, 0.1) is 0 Å². The zero-order chi connectivity index (χ0) is 11.9. The maximum absolute atomic E-state index is 11.5. The van der Waals surface area contributed by atoms with Gasteiger partial charge in [-0.1, -0.05) is 12.2 Å². The number of carboxylic acids is 1. The number of amides is 1. The summed E-state index contributed by atoms with van der Waals surface area (Å²) in [5, 5.41) is 8.91. The van der Waals surface area contributed by atoms with Crippen LogP contribution < -0.4 is 24.3 Å². The van der Waals surface area contributed by atoms with Gasteiger partial charge in [0, 0.05) is 5.75 Å². The minimum absolute atomic E-state index is 0. The number of carbonyl (C=O) groups is 2. The Morgan fingerprint density at radius 1 is 1.61 bits per heavy atom. The third-order valence-corrected chi connectivity index (χ3v) is 3.93. The van der Waals surface area contributed by atoms with Gasteiger partial charge in [-0.05, 0) is 12.5 Å². The van der Waals surface area contributed by atoms with Crippen LogP contribution in [0.3, 0.4) is 0 Å². The number of halogens is 1. The second-order valence-electron chi connectivity index (χ2n) is 3.61. The molecule has 2 heterocycles. The molecule has 8 heteroatoms. The van der Waals surface area contributed by atoms with Gasteiger partial charge in [-0.3, -0.25) is 9.69 Å². The van der Waals surface area contributed by atoms with Crippen LogP contribution >= 0.6 is 11.8 Å². The summed E-state index contributed by atoms with van der Waals surface area (Å²) < 4.78 is 0. The highest BCUT2D eigenvalue weighted by atomic mass is 35.5. The molecule has 0 aromatic heterocycles. The molecule has 18 heavy (non-hydrogen) atoms. The molecule has 7 N–H and O–H groups in total. The van der Waals surface area contributed by atoms with E-state index in [2.05, 4.69) is 0 Å². The Balaban J connectivity index is 0.00000144. The fourth-order valence-corrected chi connectivity index (χ4v) is 3.13. The SMILES string of the molecule is C/C=C/C1=C(C(=O)O)N2C(=O)[C@@H](N)C2SC1.[Cl-].[NH4+]. The second-order valence-corrected chi connectivity index (χ2v) is 4.72. The summed E-state index contributed by atoms with van der Waals surface area (Å²) in [6.07, 6.45) is 3.49. The van der Waals surface area contributed by atoms with Gasteiger partial charge >= 0.3 is 5.97 Å². The van der Waals surface area contributed by atoms with Crippen LogP contribution in [0.4, 0.5) is 0 Å². The number of carboxylic acid groups (broad SMARTS) is 1. The van der Waals surface area contributed by atoms with E-state index in [4.69, 9.17) is 10.8 Å². The Morgan fingerprint density at radius 3 is 2.72 bits per heavy atom. The van der Waals surface area contributed by atoms with Crippen molar-refractivity contribution in [3.05, 3.63) is 23.4 Å². The number of thioether (sulfide) groups is 1. The number of fused-ring (bicyclic) bond motifs is 1. The summed E-state index contributed by atoms with van der Waals surface area (Å²) in [7, 11) is 0. The molecule has 102 valence electrons. The van der Waals surface area contributed by atoms with E-state index < -0.39 is 12.0 Å². The number of hydrogen-bond acceptors (Lipinski definition) is 4. The third kappa shape index (κ3) is 2.39. The van der Waals surface area contributed by atoms with Gasteiger partial charge in [0.05, 0.1) is 0 Å². The lowest BCUT2D eigenvalue weighted by molar-refractivity contribution is -0.147. The monoisotopic (exact) mass is 293 g/mol. The molecule has 1 saturated heterocycles. The van der Waals surface area contributed by atoms with E-state index in [1.54, 1.807) is 12.2 Å². The minimum Gasteiger partial charge on any atom is -1.00 e. The molecule has 0 aromatic carbocycles. The molecule has 6 nitrogen and oxygen atoms in total. The number of rotatable bonds is 2. The van der Waals surface area contributed by atoms with Gasteiger partial charge in [-0.25, -0.2) is 4.79 Å². The maximum atomic E-state index is 11.5. The predicted molar refractivity (Wildman–Crippen MR) is 66.5 cm³/mol. The molecule has 2 atom stereocenters. The Bertz CT molecular complexity index is 425. The number of quaternary nitrogens is 1. The second kappa shape index (κ2) is 6.24. The molecule has 0 bridgehead atoms. The van der Waals surface area contributed by atoms with Crippen molar-refractivity contribution in [2.75, 3.05) is 5.75 Å². The zero-order valence-corrected chi connectivity index (χ0v) is 11.7. The minimum atomic E-state index is -1.07. The summed E-state index contributed by atoms with van der Waals surface area (Å²) in [4.78, 5) is 24.0. The highest BCUT2D eigenvalue weighted by Crippen LogP contribution is 2.39. The number of β-lactam (4-membered cyclic amide) rings is 1. The van der Waals surface area contributed by atoms with Gasteiger partial charge in [0.25, 0.3) is 0 Å². The molecule has 2 aliphatic heterocycles. The van der Waals surface area contributed by atoms with Crippen molar-refractivity contribution >= 4 is 23.6 Å². The summed E-state index contributed by atoms with van der Waals surface area (Å²) >= 11 is 1.50. The average molecular weight is 294 g/mol. The third-order valence-electron chi connectivity index (χ3n) is 2.61. The maximum Gasteiger partial charge on any atom is 0.352 e. The van der Waals surface area contributed by atoms with Crippen LogP contribution in [0.15, 0.2) is 23.4 Å². The summed E-state index contributed by atoms with van der Waals surface area (Å²) in [6, 6.07) is -0.563. The van der Waals surface area contributed by atoms with Crippen molar-refractivity contribution in [2.45, 2.75) is 18.3 Å². The Morgan fingerprint density at radius 2 is 2.22 bits per heavy atom. The molecule has 0 saturated carbocycles. The molecule has 1 fully saturated rings. The van der Waals surface area contributed by atoms with Crippen LogP contribution in [-0.2, 0) is 9.59 Å². The molecule has 0 aromatic rings. The molecule has 2 rings (SSSR count). The number of nitrogens with two attached hydrogens (primary N) is 1. The quantitative estimate of drug-likeness (QED) is 0.487. The normalized spacial score (nSPS) is 26.1. The molecule has 0 spiro atoms. The first-order valence-electron chi connectivity index (χ1n) is 4.87. The molecule has 1 amide bonds. The molecular weight excluding hydrogens is 278 g/mol. The summed E-state index contributed by atoms with van der Waals surface area (Å²) in [5.41, 5.74) is 6.35. The van der Waals surface area contributed by atoms with Crippen LogP contribution in [-0.4, -0.2) is 39.1 Å².